The predicted octanol–water partition coefficient (Wildman–Crippen LogP) is 4.90. The lowest BCUT2D eigenvalue weighted by atomic mass is 10.2. The molecule has 1 aromatic heterocycles. The summed E-state index contributed by atoms with van der Waals surface area (Å²) in [7, 11) is 0. The highest BCUT2D eigenvalue weighted by molar-refractivity contribution is 9.10. The van der Waals surface area contributed by atoms with Crippen LogP contribution in [0.15, 0.2) is 28.7 Å². The van der Waals surface area contributed by atoms with E-state index in [-0.39, 0.29) is 0 Å². The fraction of sp³-hybridized carbons (Fsp3) is 0.286. The van der Waals surface area contributed by atoms with Gasteiger partial charge in [-0.2, -0.15) is 0 Å². The number of hydrogen-bond acceptors (Lipinski definition) is 3. The first-order valence-corrected chi connectivity index (χ1v) is 7.32. The Kier molecular flexibility index (Phi) is 4.77. The molecule has 0 atom stereocenters. The first-order chi connectivity index (χ1) is 9.08. The predicted molar refractivity (Wildman–Crippen MR) is 83.2 cm³/mol. The van der Waals surface area contributed by atoms with Crippen molar-refractivity contribution in [2.24, 2.45) is 0 Å². The molecule has 2 aromatic rings. The highest BCUT2D eigenvalue weighted by Crippen LogP contribution is 2.26. The van der Waals surface area contributed by atoms with Crippen molar-refractivity contribution >= 4 is 39.0 Å². The Morgan fingerprint density at radius 3 is 2.79 bits per heavy atom. The molecule has 0 aliphatic carbocycles. The fourth-order valence-corrected chi connectivity index (χ4v) is 2.28. The number of nitrogens with one attached hydrogen (secondary N) is 1. The van der Waals surface area contributed by atoms with Gasteiger partial charge in [0.2, 0.25) is 0 Å². The summed E-state index contributed by atoms with van der Waals surface area (Å²) in [6.45, 7) is 4.14. The smallest absolute Gasteiger partial charge is 0.135 e. The van der Waals surface area contributed by atoms with Crippen molar-refractivity contribution in [2.75, 3.05) is 5.32 Å². The van der Waals surface area contributed by atoms with E-state index in [0.29, 0.717) is 5.15 Å². The third kappa shape index (κ3) is 3.91. The molecule has 0 saturated carbocycles. The van der Waals surface area contributed by atoms with E-state index in [2.05, 4.69) is 44.2 Å². The number of aromatic nitrogens is 2. The van der Waals surface area contributed by atoms with Crippen molar-refractivity contribution in [1.82, 2.24) is 9.97 Å². The van der Waals surface area contributed by atoms with Gasteiger partial charge >= 0.3 is 0 Å². The number of nitrogens with zero attached hydrogens (tertiary/aromatic N) is 2. The van der Waals surface area contributed by atoms with Gasteiger partial charge in [-0.1, -0.05) is 24.6 Å². The molecule has 0 saturated heterocycles. The van der Waals surface area contributed by atoms with Crippen molar-refractivity contribution in [2.45, 2.75) is 26.7 Å². The van der Waals surface area contributed by atoms with Crippen LogP contribution in [-0.2, 0) is 6.42 Å². The van der Waals surface area contributed by atoms with Gasteiger partial charge in [0.05, 0.1) is 5.69 Å². The molecule has 3 nitrogen and oxygen atoms in total. The van der Waals surface area contributed by atoms with Crippen LogP contribution in [-0.4, -0.2) is 9.97 Å². The molecule has 0 fully saturated rings. The molecule has 0 unspecified atom stereocenters. The number of hydrogen-bond donors (Lipinski definition) is 1. The Morgan fingerprint density at radius 2 is 2.05 bits per heavy atom. The quantitative estimate of drug-likeness (QED) is 0.805. The van der Waals surface area contributed by atoms with E-state index in [0.717, 1.165) is 34.6 Å². The third-order valence-electron chi connectivity index (χ3n) is 2.60. The summed E-state index contributed by atoms with van der Waals surface area (Å²) in [5.41, 5.74) is 2.15. The molecule has 0 amide bonds. The summed E-state index contributed by atoms with van der Waals surface area (Å²) in [4.78, 5) is 8.67. The highest BCUT2D eigenvalue weighted by atomic mass is 79.9. The molecule has 5 heteroatoms. The van der Waals surface area contributed by atoms with Crippen molar-refractivity contribution in [3.8, 4) is 0 Å². The maximum atomic E-state index is 6.02. The van der Waals surface area contributed by atoms with Gasteiger partial charge in [0, 0.05) is 17.0 Å². The summed E-state index contributed by atoms with van der Waals surface area (Å²) < 4.78 is 0.991. The van der Waals surface area contributed by atoms with E-state index in [4.69, 9.17) is 11.6 Å². The average molecular weight is 341 g/mol. The molecule has 1 N–H and O–H groups in total. The molecular formula is C14H15BrClN3. The number of aryl methyl sites for hydroxylation is 2. The first-order valence-electron chi connectivity index (χ1n) is 6.15. The first kappa shape index (κ1) is 14.3. The van der Waals surface area contributed by atoms with Crippen LogP contribution >= 0.6 is 27.5 Å². The Morgan fingerprint density at radius 1 is 1.26 bits per heavy atom. The van der Waals surface area contributed by atoms with E-state index in [1.165, 1.54) is 5.56 Å². The fourth-order valence-electron chi connectivity index (χ4n) is 1.74. The maximum Gasteiger partial charge on any atom is 0.135 e. The highest BCUT2D eigenvalue weighted by Gasteiger charge is 2.05. The van der Waals surface area contributed by atoms with Crippen LogP contribution in [0.5, 0.6) is 0 Å². The molecule has 1 aromatic carbocycles. The Labute approximate surface area is 126 Å². The molecule has 19 heavy (non-hydrogen) atoms. The van der Waals surface area contributed by atoms with Crippen LogP contribution in [0.1, 0.15) is 24.7 Å². The van der Waals surface area contributed by atoms with Gasteiger partial charge in [0.1, 0.15) is 16.8 Å². The normalized spacial score (nSPS) is 10.5. The van der Waals surface area contributed by atoms with Crippen molar-refractivity contribution < 1.29 is 0 Å². The lowest BCUT2D eigenvalue weighted by Gasteiger charge is -2.10. The molecule has 0 radical (unpaired) electrons. The number of anilines is 2. The van der Waals surface area contributed by atoms with Crippen LogP contribution in [0, 0.1) is 6.92 Å². The summed E-state index contributed by atoms with van der Waals surface area (Å²) >= 11 is 9.54. The second kappa shape index (κ2) is 6.35. The van der Waals surface area contributed by atoms with Crippen LogP contribution in [0.25, 0.3) is 0 Å². The minimum atomic E-state index is 0.463. The third-order valence-corrected chi connectivity index (χ3v) is 3.48. The summed E-state index contributed by atoms with van der Waals surface area (Å²) in [5, 5.41) is 3.73. The minimum absolute atomic E-state index is 0.463. The standard InChI is InChI=1S/C14H15BrClN3/c1-3-4-13-18-12(16)8-14(19-13)17-11-7-9(2)5-6-10(11)15/h5-8H,3-4H2,1-2H3,(H,17,18,19). The SMILES string of the molecule is CCCc1nc(Cl)cc(Nc2cc(C)ccc2Br)n1. The van der Waals surface area contributed by atoms with E-state index >= 15 is 0 Å². The van der Waals surface area contributed by atoms with Crippen molar-refractivity contribution in [3.05, 3.63) is 45.3 Å². The zero-order chi connectivity index (χ0) is 13.8. The van der Waals surface area contributed by atoms with E-state index in [1.807, 2.05) is 19.1 Å². The molecule has 0 aliphatic heterocycles. The zero-order valence-electron chi connectivity index (χ0n) is 10.9. The van der Waals surface area contributed by atoms with Gasteiger partial charge < -0.3 is 5.32 Å². The number of rotatable bonds is 4. The van der Waals surface area contributed by atoms with E-state index in [1.54, 1.807) is 6.07 Å². The number of halogens is 2. The van der Waals surface area contributed by atoms with Crippen LogP contribution in [0.3, 0.4) is 0 Å². The van der Waals surface area contributed by atoms with Gasteiger partial charge in [-0.05, 0) is 47.0 Å². The molecule has 1 heterocycles. The topological polar surface area (TPSA) is 37.8 Å². The Hall–Kier alpha value is -1.13. The van der Waals surface area contributed by atoms with Gasteiger partial charge in [0.15, 0.2) is 0 Å². The lowest BCUT2D eigenvalue weighted by molar-refractivity contribution is 0.837. The molecule has 100 valence electrons. The zero-order valence-corrected chi connectivity index (χ0v) is 13.2. The summed E-state index contributed by atoms with van der Waals surface area (Å²) in [6, 6.07) is 7.84. The van der Waals surface area contributed by atoms with Gasteiger partial charge in [-0.15, -0.1) is 0 Å². The second-order valence-electron chi connectivity index (χ2n) is 4.35. The Bertz CT molecular complexity index is 587. The molecule has 0 aliphatic rings. The largest absolute Gasteiger partial charge is 0.339 e. The molecule has 0 bridgehead atoms. The lowest BCUT2D eigenvalue weighted by Crippen LogP contribution is -2.01. The summed E-state index contributed by atoms with van der Waals surface area (Å²) in [5.74, 6) is 1.48. The molecular weight excluding hydrogens is 326 g/mol. The van der Waals surface area contributed by atoms with Gasteiger partial charge in [-0.25, -0.2) is 9.97 Å². The number of benzene rings is 1. The summed E-state index contributed by atoms with van der Waals surface area (Å²) in [6.07, 6.45) is 1.82. The van der Waals surface area contributed by atoms with Crippen LogP contribution in [0.2, 0.25) is 5.15 Å². The van der Waals surface area contributed by atoms with Gasteiger partial charge in [0.25, 0.3) is 0 Å². The van der Waals surface area contributed by atoms with E-state index < -0.39 is 0 Å². The average Bonchev–Trinajstić information content (AvgIpc) is 2.33. The van der Waals surface area contributed by atoms with Crippen LogP contribution in [0.4, 0.5) is 11.5 Å². The minimum Gasteiger partial charge on any atom is -0.339 e. The Balaban J connectivity index is 2.29. The monoisotopic (exact) mass is 339 g/mol. The molecule has 2 rings (SSSR count). The van der Waals surface area contributed by atoms with Crippen molar-refractivity contribution in [1.29, 1.82) is 0 Å². The second-order valence-corrected chi connectivity index (χ2v) is 5.59. The van der Waals surface area contributed by atoms with Crippen LogP contribution < -0.4 is 5.32 Å². The van der Waals surface area contributed by atoms with Gasteiger partial charge in [-0.3, -0.25) is 0 Å². The molecule has 0 spiro atoms. The maximum absolute atomic E-state index is 6.02. The van der Waals surface area contributed by atoms with E-state index in [9.17, 15) is 0 Å². The van der Waals surface area contributed by atoms with Crippen molar-refractivity contribution in [3.63, 3.8) is 0 Å².